The average molecular weight is 353 g/mol. The molecular formula is C21H27N3O2. The highest BCUT2D eigenvalue weighted by molar-refractivity contribution is 5.93. The Labute approximate surface area is 155 Å². The van der Waals surface area contributed by atoms with E-state index in [9.17, 15) is 4.79 Å². The Bertz CT molecular complexity index is 794. The van der Waals surface area contributed by atoms with Crippen LogP contribution in [0.2, 0.25) is 0 Å². The van der Waals surface area contributed by atoms with Gasteiger partial charge >= 0.3 is 0 Å². The SMILES string of the molecule is Cc1ccc([C@@H]2CN(C(=O)c3onc4c3CCCC4)C[C@H]2N(C)C)cc1. The van der Waals surface area contributed by atoms with Gasteiger partial charge in [-0.2, -0.15) is 0 Å². The van der Waals surface area contributed by atoms with Gasteiger partial charge in [0.2, 0.25) is 5.76 Å². The summed E-state index contributed by atoms with van der Waals surface area (Å²) in [6.45, 7) is 3.55. The molecule has 1 aromatic heterocycles. The van der Waals surface area contributed by atoms with E-state index in [4.69, 9.17) is 4.52 Å². The zero-order chi connectivity index (χ0) is 18.3. The maximum atomic E-state index is 13.2. The Morgan fingerprint density at radius 3 is 2.62 bits per heavy atom. The van der Waals surface area contributed by atoms with Gasteiger partial charge in [-0.1, -0.05) is 35.0 Å². The lowest BCUT2D eigenvalue weighted by Crippen LogP contribution is -2.36. The fourth-order valence-electron chi connectivity index (χ4n) is 4.32. The van der Waals surface area contributed by atoms with Gasteiger partial charge in [-0.25, -0.2) is 0 Å². The van der Waals surface area contributed by atoms with Gasteiger partial charge in [0.05, 0.1) is 5.69 Å². The van der Waals surface area contributed by atoms with Crippen LogP contribution in [0.1, 0.15) is 51.7 Å². The summed E-state index contributed by atoms with van der Waals surface area (Å²) in [6, 6.07) is 9.00. The number of carbonyl (C=O) groups excluding carboxylic acids is 1. The van der Waals surface area contributed by atoms with Crippen LogP contribution in [0.25, 0.3) is 0 Å². The normalized spacial score (nSPS) is 22.7. The molecule has 138 valence electrons. The summed E-state index contributed by atoms with van der Waals surface area (Å²) in [7, 11) is 4.19. The number of hydrogen-bond acceptors (Lipinski definition) is 4. The Morgan fingerprint density at radius 2 is 1.88 bits per heavy atom. The first-order valence-corrected chi connectivity index (χ1v) is 9.54. The van der Waals surface area contributed by atoms with E-state index in [0.29, 0.717) is 17.7 Å². The van der Waals surface area contributed by atoms with Crippen LogP contribution in [0, 0.1) is 6.92 Å². The van der Waals surface area contributed by atoms with E-state index in [2.05, 4.69) is 55.3 Å². The van der Waals surface area contributed by atoms with Crippen molar-refractivity contribution in [1.29, 1.82) is 0 Å². The lowest BCUT2D eigenvalue weighted by Gasteiger charge is -2.25. The molecule has 4 rings (SSSR count). The number of rotatable bonds is 3. The highest BCUT2D eigenvalue weighted by atomic mass is 16.5. The van der Waals surface area contributed by atoms with Crippen molar-refractivity contribution in [2.24, 2.45) is 0 Å². The molecule has 1 aliphatic carbocycles. The Balaban J connectivity index is 1.59. The molecule has 2 aliphatic rings. The molecule has 2 atom stereocenters. The monoisotopic (exact) mass is 353 g/mol. The number of likely N-dealkylation sites (tertiary alicyclic amines) is 1. The van der Waals surface area contributed by atoms with Crippen LogP contribution in [0.3, 0.4) is 0 Å². The van der Waals surface area contributed by atoms with Crippen LogP contribution in [0.5, 0.6) is 0 Å². The van der Waals surface area contributed by atoms with Crippen molar-refractivity contribution in [3.8, 4) is 0 Å². The molecule has 26 heavy (non-hydrogen) atoms. The van der Waals surface area contributed by atoms with Gasteiger partial charge in [0, 0.05) is 30.6 Å². The van der Waals surface area contributed by atoms with Crippen LogP contribution in [-0.2, 0) is 12.8 Å². The van der Waals surface area contributed by atoms with Gasteiger partial charge in [-0.15, -0.1) is 0 Å². The van der Waals surface area contributed by atoms with Crippen LogP contribution < -0.4 is 0 Å². The zero-order valence-corrected chi connectivity index (χ0v) is 15.9. The van der Waals surface area contributed by atoms with Crippen molar-refractivity contribution >= 4 is 5.91 Å². The molecule has 5 heteroatoms. The van der Waals surface area contributed by atoms with Crippen molar-refractivity contribution in [3.63, 3.8) is 0 Å². The maximum absolute atomic E-state index is 13.2. The topological polar surface area (TPSA) is 49.6 Å². The minimum atomic E-state index is 0.00196. The number of aromatic nitrogens is 1. The van der Waals surface area contributed by atoms with E-state index in [1.165, 1.54) is 11.1 Å². The quantitative estimate of drug-likeness (QED) is 0.851. The van der Waals surface area contributed by atoms with Crippen molar-refractivity contribution < 1.29 is 9.32 Å². The van der Waals surface area contributed by atoms with Crippen LogP contribution in [-0.4, -0.2) is 54.1 Å². The minimum absolute atomic E-state index is 0.00196. The zero-order valence-electron chi connectivity index (χ0n) is 15.9. The smallest absolute Gasteiger partial charge is 0.292 e. The van der Waals surface area contributed by atoms with Gasteiger partial charge in [0.15, 0.2) is 0 Å². The van der Waals surface area contributed by atoms with E-state index in [1.54, 1.807) is 0 Å². The fourth-order valence-corrected chi connectivity index (χ4v) is 4.32. The molecule has 0 saturated carbocycles. The first-order chi connectivity index (χ1) is 12.5. The van der Waals surface area contributed by atoms with Gasteiger partial charge in [0.1, 0.15) is 0 Å². The second-order valence-corrected chi connectivity index (χ2v) is 7.90. The van der Waals surface area contributed by atoms with Crippen molar-refractivity contribution in [2.45, 2.75) is 44.6 Å². The van der Waals surface area contributed by atoms with Gasteiger partial charge in [-0.3, -0.25) is 4.79 Å². The molecule has 0 N–H and O–H groups in total. The first kappa shape index (κ1) is 17.3. The van der Waals surface area contributed by atoms with E-state index < -0.39 is 0 Å². The molecule has 1 aliphatic heterocycles. The Kier molecular flexibility index (Phi) is 4.57. The van der Waals surface area contributed by atoms with E-state index >= 15 is 0 Å². The summed E-state index contributed by atoms with van der Waals surface area (Å²) in [5, 5.41) is 4.16. The van der Waals surface area contributed by atoms with Crippen molar-refractivity contribution in [1.82, 2.24) is 15.0 Å². The van der Waals surface area contributed by atoms with Crippen LogP contribution in [0.15, 0.2) is 28.8 Å². The average Bonchev–Trinajstić information content (AvgIpc) is 3.26. The summed E-state index contributed by atoms with van der Waals surface area (Å²) in [6.07, 6.45) is 4.08. The number of hydrogen-bond donors (Lipinski definition) is 0. The molecule has 2 heterocycles. The number of carbonyl (C=O) groups is 1. The third-order valence-electron chi connectivity index (χ3n) is 5.90. The highest BCUT2D eigenvalue weighted by Gasteiger charge is 2.39. The number of fused-ring (bicyclic) bond motifs is 1. The third-order valence-corrected chi connectivity index (χ3v) is 5.90. The molecule has 2 aromatic rings. The van der Waals surface area contributed by atoms with Gasteiger partial charge in [-0.05, 0) is 52.3 Å². The molecule has 5 nitrogen and oxygen atoms in total. The van der Waals surface area contributed by atoms with Crippen LogP contribution in [0.4, 0.5) is 0 Å². The summed E-state index contributed by atoms with van der Waals surface area (Å²) < 4.78 is 5.49. The molecular weight excluding hydrogens is 326 g/mol. The number of aryl methyl sites for hydroxylation is 2. The number of nitrogens with zero attached hydrogens (tertiary/aromatic N) is 3. The highest BCUT2D eigenvalue weighted by Crippen LogP contribution is 2.33. The Hall–Kier alpha value is -2.14. The first-order valence-electron chi connectivity index (χ1n) is 9.54. The summed E-state index contributed by atoms with van der Waals surface area (Å²) >= 11 is 0. The Morgan fingerprint density at radius 1 is 1.15 bits per heavy atom. The van der Waals surface area contributed by atoms with E-state index in [-0.39, 0.29) is 5.91 Å². The molecule has 0 spiro atoms. The van der Waals surface area contributed by atoms with E-state index in [1.807, 2.05) is 4.90 Å². The predicted molar refractivity (Wildman–Crippen MR) is 100 cm³/mol. The fraction of sp³-hybridized carbons (Fsp3) is 0.524. The number of likely N-dealkylation sites (N-methyl/N-ethyl adjacent to an activating group) is 1. The standard InChI is InChI=1S/C21H27N3O2/c1-14-8-10-15(11-9-14)17-12-24(13-19(17)23(2)3)21(25)20-16-6-4-5-7-18(16)22-26-20/h8-11,17,19H,4-7,12-13H2,1-3H3/t17-,19+/m0/s1. The third kappa shape index (κ3) is 3.05. The predicted octanol–water partition coefficient (Wildman–Crippen LogP) is 3.03. The minimum Gasteiger partial charge on any atom is -0.350 e. The summed E-state index contributed by atoms with van der Waals surface area (Å²) in [4.78, 5) is 17.3. The molecule has 0 radical (unpaired) electrons. The molecule has 1 aromatic carbocycles. The molecule has 0 bridgehead atoms. The lowest BCUT2D eigenvalue weighted by molar-refractivity contribution is 0.0739. The van der Waals surface area contributed by atoms with Gasteiger partial charge in [0.25, 0.3) is 5.91 Å². The molecule has 0 unspecified atom stereocenters. The van der Waals surface area contributed by atoms with Crippen molar-refractivity contribution in [2.75, 3.05) is 27.2 Å². The number of benzene rings is 1. The maximum Gasteiger partial charge on any atom is 0.292 e. The van der Waals surface area contributed by atoms with Gasteiger partial charge < -0.3 is 14.3 Å². The largest absolute Gasteiger partial charge is 0.350 e. The number of amides is 1. The van der Waals surface area contributed by atoms with E-state index in [0.717, 1.165) is 50.0 Å². The second kappa shape index (κ2) is 6.88. The lowest BCUT2D eigenvalue weighted by atomic mass is 9.93. The summed E-state index contributed by atoms with van der Waals surface area (Å²) in [5.41, 5.74) is 4.58. The van der Waals surface area contributed by atoms with Crippen molar-refractivity contribution in [3.05, 3.63) is 52.4 Å². The van der Waals surface area contributed by atoms with Crippen LogP contribution >= 0.6 is 0 Å². The molecule has 1 fully saturated rings. The second-order valence-electron chi connectivity index (χ2n) is 7.90. The summed E-state index contributed by atoms with van der Waals surface area (Å²) in [5.74, 6) is 0.789. The molecule has 1 saturated heterocycles. The molecule has 1 amide bonds.